The van der Waals surface area contributed by atoms with Gasteiger partial charge in [0, 0.05) is 5.33 Å². The van der Waals surface area contributed by atoms with Crippen LogP contribution in [0.5, 0.6) is 0 Å². The van der Waals surface area contributed by atoms with E-state index in [-0.39, 0.29) is 0 Å². The maximum absolute atomic E-state index is 3.70. The van der Waals surface area contributed by atoms with Crippen molar-refractivity contribution in [3.8, 4) is 0 Å². The molecule has 0 radical (unpaired) electrons. The van der Waals surface area contributed by atoms with Crippen LogP contribution in [0.2, 0.25) is 0 Å². The first-order valence-electron chi connectivity index (χ1n) is 6.96. The lowest BCUT2D eigenvalue weighted by Crippen LogP contribution is -2.17. The van der Waals surface area contributed by atoms with Crippen LogP contribution < -0.4 is 0 Å². The van der Waals surface area contributed by atoms with Crippen LogP contribution >= 0.6 is 15.9 Å². The van der Waals surface area contributed by atoms with Gasteiger partial charge in [-0.1, -0.05) is 67.3 Å². The molecule has 0 aromatic rings. The van der Waals surface area contributed by atoms with Crippen LogP contribution in [0.4, 0.5) is 0 Å². The van der Waals surface area contributed by atoms with E-state index in [4.69, 9.17) is 0 Å². The number of alkyl halides is 1. The highest BCUT2D eigenvalue weighted by Crippen LogP contribution is 2.39. The van der Waals surface area contributed by atoms with E-state index in [1.54, 1.807) is 6.42 Å². The summed E-state index contributed by atoms with van der Waals surface area (Å²) in [6, 6.07) is 0. The van der Waals surface area contributed by atoms with Gasteiger partial charge >= 0.3 is 0 Å². The standard InChI is InChI=1S/C14H25Br/c15-11-12-6-5-9-13-7-3-1-2-4-8-14(13)10-12/h12-14H,1-11H2/t12?,13-,14-/m1/s1. The maximum atomic E-state index is 3.70. The lowest BCUT2D eigenvalue weighted by molar-refractivity contribution is 0.235. The van der Waals surface area contributed by atoms with Crippen molar-refractivity contribution in [1.82, 2.24) is 0 Å². The normalized spacial score (nSPS) is 38.6. The minimum atomic E-state index is 0.986. The molecule has 0 bridgehead atoms. The molecule has 1 unspecified atom stereocenters. The number of hydrogen-bond acceptors (Lipinski definition) is 0. The highest BCUT2D eigenvalue weighted by Gasteiger charge is 2.27. The van der Waals surface area contributed by atoms with E-state index in [2.05, 4.69) is 15.9 Å². The van der Waals surface area contributed by atoms with Crippen molar-refractivity contribution in [2.45, 2.75) is 64.2 Å². The van der Waals surface area contributed by atoms with Crippen molar-refractivity contribution < 1.29 is 0 Å². The molecule has 0 heterocycles. The van der Waals surface area contributed by atoms with Gasteiger partial charge in [0.05, 0.1) is 0 Å². The maximum Gasteiger partial charge on any atom is 0.00597 e. The van der Waals surface area contributed by atoms with Crippen molar-refractivity contribution in [3.05, 3.63) is 0 Å². The van der Waals surface area contributed by atoms with Gasteiger partial charge in [0.15, 0.2) is 0 Å². The Labute approximate surface area is 103 Å². The van der Waals surface area contributed by atoms with E-state index in [1.165, 1.54) is 63.1 Å². The Morgan fingerprint density at radius 1 is 0.733 bits per heavy atom. The van der Waals surface area contributed by atoms with Crippen LogP contribution in [-0.4, -0.2) is 5.33 Å². The summed E-state index contributed by atoms with van der Waals surface area (Å²) in [6.45, 7) is 0. The molecule has 88 valence electrons. The molecule has 0 aliphatic heterocycles. The molecule has 0 nitrogen and oxygen atoms in total. The van der Waals surface area contributed by atoms with Gasteiger partial charge in [0.1, 0.15) is 0 Å². The third kappa shape index (κ3) is 3.47. The number of rotatable bonds is 1. The lowest BCUT2D eigenvalue weighted by Gasteiger charge is -2.28. The van der Waals surface area contributed by atoms with Gasteiger partial charge in [-0.2, -0.15) is 0 Å². The van der Waals surface area contributed by atoms with E-state index in [0.29, 0.717) is 0 Å². The molecule has 2 rings (SSSR count). The Hall–Kier alpha value is 0.480. The molecule has 1 heteroatoms. The topological polar surface area (TPSA) is 0 Å². The smallest absolute Gasteiger partial charge is 0.00597 e. The van der Waals surface area contributed by atoms with Crippen molar-refractivity contribution in [2.24, 2.45) is 17.8 Å². The fourth-order valence-electron chi connectivity index (χ4n) is 3.68. The fraction of sp³-hybridized carbons (Fsp3) is 1.00. The van der Waals surface area contributed by atoms with Gasteiger partial charge in [-0.05, 0) is 30.6 Å². The molecule has 2 saturated carbocycles. The minimum absolute atomic E-state index is 0.986. The molecular formula is C14H25Br. The van der Waals surface area contributed by atoms with Crippen LogP contribution in [0.1, 0.15) is 64.2 Å². The van der Waals surface area contributed by atoms with E-state index in [0.717, 1.165) is 17.8 Å². The Morgan fingerprint density at radius 3 is 2.13 bits per heavy atom. The summed E-state index contributed by atoms with van der Waals surface area (Å²) in [5.41, 5.74) is 0. The second-order valence-electron chi connectivity index (χ2n) is 5.70. The summed E-state index contributed by atoms with van der Waals surface area (Å²) in [5.74, 6) is 3.16. The predicted molar refractivity (Wildman–Crippen MR) is 70.4 cm³/mol. The molecule has 15 heavy (non-hydrogen) atoms. The van der Waals surface area contributed by atoms with Gasteiger partial charge in [-0.15, -0.1) is 0 Å². The van der Waals surface area contributed by atoms with Crippen LogP contribution in [0.15, 0.2) is 0 Å². The van der Waals surface area contributed by atoms with E-state index in [9.17, 15) is 0 Å². The molecule has 0 aromatic carbocycles. The molecule has 2 aliphatic carbocycles. The SMILES string of the molecule is BrCC1CCC[C@H]2CCCCCC[C@@H]2C1. The van der Waals surface area contributed by atoms with Gasteiger partial charge in [-0.3, -0.25) is 0 Å². The molecule has 0 amide bonds. The molecular weight excluding hydrogens is 248 g/mol. The number of fused-ring (bicyclic) bond motifs is 1. The van der Waals surface area contributed by atoms with Crippen LogP contribution in [0, 0.1) is 17.8 Å². The van der Waals surface area contributed by atoms with Crippen molar-refractivity contribution in [2.75, 3.05) is 5.33 Å². The average Bonchev–Trinajstić information content (AvgIpc) is 2.40. The summed E-state index contributed by atoms with van der Waals surface area (Å²) in [5, 5.41) is 1.25. The molecule has 0 saturated heterocycles. The van der Waals surface area contributed by atoms with Crippen LogP contribution in [-0.2, 0) is 0 Å². The lowest BCUT2D eigenvalue weighted by atomic mass is 9.78. The molecule has 0 N–H and O–H groups in total. The third-order valence-electron chi connectivity index (χ3n) is 4.61. The molecule has 2 fully saturated rings. The van der Waals surface area contributed by atoms with E-state index < -0.39 is 0 Å². The zero-order valence-electron chi connectivity index (χ0n) is 9.89. The largest absolute Gasteiger partial charge is 0.0925 e. The molecule has 0 spiro atoms. The molecule has 0 aromatic heterocycles. The minimum Gasteiger partial charge on any atom is -0.0925 e. The van der Waals surface area contributed by atoms with Crippen molar-refractivity contribution in [3.63, 3.8) is 0 Å². The van der Waals surface area contributed by atoms with Crippen molar-refractivity contribution >= 4 is 15.9 Å². The summed E-state index contributed by atoms with van der Waals surface area (Å²) >= 11 is 3.70. The first-order chi connectivity index (χ1) is 7.40. The zero-order valence-corrected chi connectivity index (χ0v) is 11.5. The second kappa shape index (κ2) is 6.27. The Balaban J connectivity index is 1.94. The Morgan fingerprint density at radius 2 is 1.40 bits per heavy atom. The Kier molecular flexibility index (Phi) is 5.00. The van der Waals surface area contributed by atoms with Crippen LogP contribution in [0.3, 0.4) is 0 Å². The summed E-state index contributed by atoms with van der Waals surface area (Å²) in [6.07, 6.45) is 15.2. The molecule has 3 atom stereocenters. The van der Waals surface area contributed by atoms with E-state index >= 15 is 0 Å². The predicted octanol–water partition coefficient (Wildman–Crippen LogP) is 5.16. The van der Waals surface area contributed by atoms with Crippen LogP contribution in [0.25, 0.3) is 0 Å². The highest BCUT2D eigenvalue weighted by molar-refractivity contribution is 9.09. The summed E-state index contributed by atoms with van der Waals surface area (Å²) in [7, 11) is 0. The zero-order chi connectivity index (χ0) is 10.5. The summed E-state index contributed by atoms with van der Waals surface area (Å²) in [4.78, 5) is 0. The van der Waals surface area contributed by atoms with Crippen molar-refractivity contribution in [1.29, 1.82) is 0 Å². The highest BCUT2D eigenvalue weighted by atomic mass is 79.9. The third-order valence-corrected chi connectivity index (χ3v) is 5.52. The summed E-state index contributed by atoms with van der Waals surface area (Å²) < 4.78 is 0. The fourth-order valence-corrected chi connectivity index (χ4v) is 4.27. The number of hydrogen-bond donors (Lipinski definition) is 0. The van der Waals surface area contributed by atoms with Gasteiger partial charge < -0.3 is 0 Å². The number of halogens is 1. The van der Waals surface area contributed by atoms with E-state index in [1.807, 2.05) is 0 Å². The van der Waals surface area contributed by atoms with Gasteiger partial charge in [-0.25, -0.2) is 0 Å². The first-order valence-corrected chi connectivity index (χ1v) is 8.08. The average molecular weight is 273 g/mol. The Bertz CT molecular complexity index is 178. The first kappa shape index (κ1) is 12.0. The monoisotopic (exact) mass is 272 g/mol. The van der Waals surface area contributed by atoms with Gasteiger partial charge in [0.2, 0.25) is 0 Å². The molecule has 2 aliphatic rings. The second-order valence-corrected chi connectivity index (χ2v) is 6.35. The quantitative estimate of drug-likeness (QED) is 0.579. The van der Waals surface area contributed by atoms with Gasteiger partial charge in [0.25, 0.3) is 0 Å².